The van der Waals surface area contributed by atoms with Crippen molar-refractivity contribution in [2.75, 3.05) is 10.6 Å². The van der Waals surface area contributed by atoms with Gasteiger partial charge in [-0.2, -0.15) is 0 Å². The minimum absolute atomic E-state index is 0.379. The number of nitrogens with zero attached hydrogens (tertiary/aromatic N) is 2. The summed E-state index contributed by atoms with van der Waals surface area (Å²) in [6.45, 7) is 0.379. The van der Waals surface area contributed by atoms with Crippen molar-refractivity contribution in [2.24, 2.45) is 0 Å². The van der Waals surface area contributed by atoms with E-state index in [0.717, 1.165) is 5.56 Å². The molecule has 20 heavy (non-hydrogen) atoms. The van der Waals surface area contributed by atoms with Gasteiger partial charge in [0, 0.05) is 11.9 Å². The number of anilines is 2. The summed E-state index contributed by atoms with van der Waals surface area (Å²) in [4.78, 5) is 19.4. The van der Waals surface area contributed by atoms with Crippen molar-refractivity contribution in [3.05, 3.63) is 42.4 Å². The Kier molecular flexibility index (Phi) is 3.32. The number of hydrogen-bond donors (Lipinski definition) is 3. The highest BCUT2D eigenvalue weighted by atomic mass is 16.5. The average Bonchev–Trinajstić information content (AvgIpc) is 2.81. The van der Waals surface area contributed by atoms with Crippen molar-refractivity contribution in [3.63, 3.8) is 0 Å². The molecule has 1 aliphatic heterocycles. The van der Waals surface area contributed by atoms with Crippen molar-refractivity contribution in [2.45, 2.75) is 6.61 Å². The van der Waals surface area contributed by atoms with Crippen LogP contribution in [0, 0.1) is 0 Å². The normalized spacial score (nSPS) is 12.9. The molecule has 0 spiro atoms. The maximum atomic E-state index is 11.8. The second-order valence-corrected chi connectivity index (χ2v) is 4.25. The molecule has 2 heterocycles. The molecule has 1 aromatic heterocycles. The third-order valence-electron chi connectivity index (χ3n) is 2.89. The van der Waals surface area contributed by atoms with Gasteiger partial charge < -0.3 is 15.0 Å². The number of nitrogens with one attached hydrogen (secondary N) is 2. The van der Waals surface area contributed by atoms with Gasteiger partial charge in [-0.3, -0.25) is 5.32 Å². The molecule has 0 fully saturated rings. The van der Waals surface area contributed by atoms with Gasteiger partial charge in [-0.25, -0.2) is 14.8 Å². The van der Waals surface area contributed by atoms with E-state index in [1.165, 1.54) is 12.5 Å². The Bertz CT molecular complexity index is 638. The van der Waals surface area contributed by atoms with Crippen molar-refractivity contribution in [1.82, 2.24) is 9.97 Å². The van der Waals surface area contributed by atoms with Crippen LogP contribution in [0.3, 0.4) is 0 Å². The number of urea groups is 1. The third-order valence-corrected chi connectivity index (χ3v) is 2.89. The van der Waals surface area contributed by atoms with Gasteiger partial charge in [0.05, 0.1) is 6.61 Å². The molecule has 3 rings (SSSR count). The fraction of sp³-hybridized carbons (Fsp3) is 0.0833. The molecule has 3 N–H and O–H groups in total. The Morgan fingerprint density at radius 3 is 3.05 bits per heavy atom. The Balaban J connectivity index is 1.69. The van der Waals surface area contributed by atoms with Crippen molar-refractivity contribution >= 4 is 30.1 Å². The molecular weight excluding hydrogens is 259 g/mol. The minimum atomic E-state index is -0.934. The van der Waals surface area contributed by atoms with E-state index >= 15 is 0 Å². The van der Waals surface area contributed by atoms with Crippen LogP contribution < -0.4 is 16.1 Å². The molecule has 0 bridgehead atoms. The quantitative estimate of drug-likeness (QED) is 0.684. The third kappa shape index (κ3) is 2.61. The zero-order chi connectivity index (χ0) is 13.9. The lowest BCUT2D eigenvalue weighted by Crippen LogP contribution is -2.29. The largest absolute Gasteiger partial charge is 0.491 e. The summed E-state index contributed by atoms with van der Waals surface area (Å²) < 4.78 is 5.09. The van der Waals surface area contributed by atoms with Crippen LogP contribution in [0.2, 0.25) is 0 Å². The lowest BCUT2D eigenvalue weighted by molar-refractivity contribution is 0.262. The number of aromatic nitrogens is 2. The predicted molar refractivity (Wildman–Crippen MR) is 73.5 cm³/mol. The van der Waals surface area contributed by atoms with E-state index < -0.39 is 13.1 Å². The first-order chi connectivity index (χ1) is 9.72. The monoisotopic (exact) mass is 270 g/mol. The average molecular weight is 270 g/mol. The highest BCUT2D eigenvalue weighted by molar-refractivity contribution is 6.61. The second-order valence-electron chi connectivity index (χ2n) is 4.25. The summed E-state index contributed by atoms with van der Waals surface area (Å²) in [6.07, 6.45) is 2.88. The van der Waals surface area contributed by atoms with Crippen LogP contribution in [0.15, 0.2) is 36.8 Å². The van der Waals surface area contributed by atoms with E-state index in [2.05, 4.69) is 20.6 Å². The summed E-state index contributed by atoms with van der Waals surface area (Å²) in [7, 11) is -0.934. The van der Waals surface area contributed by atoms with E-state index in [-0.39, 0.29) is 0 Å². The number of fused-ring (bicyclic) bond motifs is 1. The number of hydrogen-bond acceptors (Lipinski definition) is 5. The number of carbonyl (C=O) groups is 1. The summed E-state index contributed by atoms with van der Waals surface area (Å²) >= 11 is 0. The summed E-state index contributed by atoms with van der Waals surface area (Å²) in [5, 5.41) is 14.8. The molecular formula is C12H11BN4O3. The molecule has 0 saturated heterocycles. The van der Waals surface area contributed by atoms with E-state index in [4.69, 9.17) is 4.65 Å². The predicted octanol–water partition coefficient (Wildman–Crippen LogP) is 0.338. The SMILES string of the molecule is O=C(Nc1ccc2c(c1)B(O)OC2)Nc1ccncn1. The first-order valence-electron chi connectivity index (χ1n) is 5.99. The molecule has 0 aliphatic carbocycles. The molecule has 0 unspecified atom stereocenters. The van der Waals surface area contributed by atoms with Crippen molar-refractivity contribution < 1.29 is 14.5 Å². The fourth-order valence-electron chi connectivity index (χ4n) is 1.94. The van der Waals surface area contributed by atoms with Gasteiger partial charge in [-0.15, -0.1) is 0 Å². The molecule has 1 aliphatic rings. The van der Waals surface area contributed by atoms with Crippen LogP contribution in [0.25, 0.3) is 0 Å². The smallest absolute Gasteiger partial charge is 0.423 e. The van der Waals surface area contributed by atoms with Gasteiger partial charge in [0.15, 0.2) is 0 Å². The molecule has 100 valence electrons. The maximum absolute atomic E-state index is 11.8. The number of rotatable bonds is 2. The van der Waals surface area contributed by atoms with Gasteiger partial charge in [0.25, 0.3) is 0 Å². The number of carbonyl (C=O) groups excluding carboxylic acids is 1. The first-order valence-corrected chi connectivity index (χ1v) is 5.99. The highest BCUT2D eigenvalue weighted by Gasteiger charge is 2.27. The summed E-state index contributed by atoms with van der Waals surface area (Å²) in [5.74, 6) is 0.405. The van der Waals surface area contributed by atoms with Crippen LogP contribution in [0.1, 0.15) is 5.56 Å². The Labute approximate surface area is 115 Å². The van der Waals surface area contributed by atoms with Crippen LogP contribution in [-0.2, 0) is 11.3 Å². The van der Waals surface area contributed by atoms with Crippen LogP contribution in [0.4, 0.5) is 16.3 Å². The van der Waals surface area contributed by atoms with Gasteiger partial charge in [0.2, 0.25) is 0 Å². The van der Waals surface area contributed by atoms with E-state index in [9.17, 15) is 9.82 Å². The molecule has 2 aromatic rings. The van der Waals surface area contributed by atoms with Crippen LogP contribution in [0.5, 0.6) is 0 Å². The molecule has 7 nitrogen and oxygen atoms in total. The molecule has 0 radical (unpaired) electrons. The maximum Gasteiger partial charge on any atom is 0.491 e. The topological polar surface area (TPSA) is 96.4 Å². The molecule has 0 saturated carbocycles. The standard InChI is InChI=1S/C12H11BN4O3/c18-12(17-11-3-4-14-7-15-11)16-9-2-1-8-6-20-13(19)10(8)5-9/h1-5,7,19H,6H2,(H2,14,15,16,17,18). The molecule has 8 heteroatoms. The highest BCUT2D eigenvalue weighted by Crippen LogP contribution is 2.14. The van der Waals surface area contributed by atoms with Gasteiger partial charge in [0.1, 0.15) is 12.1 Å². The van der Waals surface area contributed by atoms with Crippen LogP contribution >= 0.6 is 0 Å². The minimum Gasteiger partial charge on any atom is -0.423 e. The zero-order valence-corrected chi connectivity index (χ0v) is 10.4. The lowest BCUT2D eigenvalue weighted by atomic mass is 9.79. The molecule has 0 atom stereocenters. The number of benzene rings is 1. The van der Waals surface area contributed by atoms with E-state index in [0.29, 0.717) is 23.6 Å². The second kappa shape index (κ2) is 5.28. The van der Waals surface area contributed by atoms with Crippen molar-refractivity contribution in [1.29, 1.82) is 0 Å². The summed E-state index contributed by atoms with van der Waals surface area (Å²) in [6, 6.07) is 6.41. The molecule has 1 aromatic carbocycles. The van der Waals surface area contributed by atoms with E-state index in [1.54, 1.807) is 18.2 Å². The zero-order valence-electron chi connectivity index (χ0n) is 10.4. The van der Waals surface area contributed by atoms with Crippen LogP contribution in [-0.4, -0.2) is 28.1 Å². The summed E-state index contributed by atoms with van der Waals surface area (Å²) in [5.41, 5.74) is 2.16. The lowest BCUT2D eigenvalue weighted by Gasteiger charge is -2.08. The van der Waals surface area contributed by atoms with Gasteiger partial charge in [-0.05, 0) is 29.2 Å². The first kappa shape index (κ1) is 12.6. The Hall–Kier alpha value is -2.45. The van der Waals surface area contributed by atoms with Gasteiger partial charge in [-0.1, -0.05) is 6.07 Å². The molecule has 2 amide bonds. The fourth-order valence-corrected chi connectivity index (χ4v) is 1.94. The number of amides is 2. The van der Waals surface area contributed by atoms with Gasteiger partial charge >= 0.3 is 13.1 Å². The Morgan fingerprint density at radius 1 is 1.35 bits per heavy atom. The Morgan fingerprint density at radius 2 is 2.25 bits per heavy atom. The van der Waals surface area contributed by atoms with Crippen molar-refractivity contribution in [3.8, 4) is 0 Å². The van der Waals surface area contributed by atoms with E-state index in [1.807, 2.05) is 6.07 Å².